The standard InChI is InChI=1S/C20H25ClN4O3S2/c1-5-8-28-19(27)14-12-7-6-10(2)9-13(12)30-18(14)23-20(29)22-17(26)16-15(21)11(3)24-25(16)4/h10H,5-9H2,1-4H3,(H2,22,23,26,29)/t10-/m0/s1. The van der Waals surface area contributed by atoms with Gasteiger partial charge in [0.05, 0.1) is 22.9 Å². The van der Waals surface area contributed by atoms with Crippen molar-refractivity contribution in [1.82, 2.24) is 15.1 Å². The molecule has 7 nitrogen and oxygen atoms in total. The number of ether oxygens (including phenoxy) is 1. The summed E-state index contributed by atoms with van der Waals surface area (Å²) in [5.74, 6) is -0.262. The molecule has 1 amide bonds. The summed E-state index contributed by atoms with van der Waals surface area (Å²) >= 11 is 13.0. The molecule has 3 rings (SSSR count). The number of carbonyl (C=O) groups excluding carboxylic acids is 2. The fraction of sp³-hybridized carbons (Fsp3) is 0.500. The van der Waals surface area contributed by atoms with Crippen molar-refractivity contribution in [2.45, 2.75) is 46.5 Å². The van der Waals surface area contributed by atoms with Crippen molar-refractivity contribution in [3.63, 3.8) is 0 Å². The van der Waals surface area contributed by atoms with E-state index in [4.69, 9.17) is 28.6 Å². The smallest absolute Gasteiger partial charge is 0.341 e. The predicted octanol–water partition coefficient (Wildman–Crippen LogP) is 4.26. The molecular weight excluding hydrogens is 444 g/mol. The Labute approximate surface area is 190 Å². The zero-order valence-corrected chi connectivity index (χ0v) is 19.8. The maximum atomic E-state index is 12.7. The van der Waals surface area contributed by atoms with E-state index >= 15 is 0 Å². The molecule has 0 bridgehead atoms. The van der Waals surface area contributed by atoms with Gasteiger partial charge in [-0.05, 0) is 56.3 Å². The summed E-state index contributed by atoms with van der Waals surface area (Å²) in [6.45, 7) is 6.24. The van der Waals surface area contributed by atoms with Gasteiger partial charge in [0.25, 0.3) is 5.91 Å². The van der Waals surface area contributed by atoms with E-state index in [0.717, 1.165) is 31.2 Å². The average Bonchev–Trinajstić information content (AvgIpc) is 3.14. The van der Waals surface area contributed by atoms with Crippen LogP contribution in [0.3, 0.4) is 0 Å². The summed E-state index contributed by atoms with van der Waals surface area (Å²) in [6, 6.07) is 0. The van der Waals surface area contributed by atoms with Crippen LogP contribution in [0, 0.1) is 12.8 Å². The molecule has 10 heteroatoms. The highest BCUT2D eigenvalue weighted by Crippen LogP contribution is 2.40. The van der Waals surface area contributed by atoms with Crippen LogP contribution < -0.4 is 10.6 Å². The van der Waals surface area contributed by atoms with Gasteiger partial charge in [-0.15, -0.1) is 11.3 Å². The fourth-order valence-electron chi connectivity index (χ4n) is 3.50. The first kappa shape index (κ1) is 22.7. The summed E-state index contributed by atoms with van der Waals surface area (Å²) in [7, 11) is 1.64. The molecule has 0 aliphatic heterocycles. The Hall–Kier alpha value is -1.97. The Balaban J connectivity index is 1.82. The molecule has 0 fully saturated rings. The van der Waals surface area contributed by atoms with Crippen LogP contribution in [0.15, 0.2) is 0 Å². The van der Waals surface area contributed by atoms with Crippen LogP contribution in [0.4, 0.5) is 5.00 Å². The van der Waals surface area contributed by atoms with Crippen molar-refractivity contribution in [2.75, 3.05) is 11.9 Å². The normalized spacial score (nSPS) is 15.4. The van der Waals surface area contributed by atoms with Crippen LogP contribution in [0.5, 0.6) is 0 Å². The van der Waals surface area contributed by atoms with Gasteiger partial charge in [-0.2, -0.15) is 5.10 Å². The average molecular weight is 469 g/mol. The number of thiocarbonyl (C=S) groups is 1. The molecule has 30 heavy (non-hydrogen) atoms. The van der Waals surface area contributed by atoms with E-state index in [9.17, 15) is 9.59 Å². The number of nitrogens with zero attached hydrogens (tertiary/aromatic N) is 2. The van der Waals surface area contributed by atoms with Gasteiger partial charge in [0.15, 0.2) is 5.11 Å². The second-order valence-corrected chi connectivity index (χ2v) is 9.36. The van der Waals surface area contributed by atoms with E-state index in [-0.39, 0.29) is 21.8 Å². The molecule has 162 valence electrons. The number of anilines is 1. The van der Waals surface area contributed by atoms with Crippen LogP contribution in [0.2, 0.25) is 5.02 Å². The zero-order valence-electron chi connectivity index (χ0n) is 17.4. The molecule has 1 aliphatic carbocycles. The number of esters is 1. The van der Waals surface area contributed by atoms with Gasteiger partial charge >= 0.3 is 5.97 Å². The number of halogens is 1. The molecule has 0 unspecified atom stereocenters. The molecule has 2 aromatic rings. The summed E-state index contributed by atoms with van der Waals surface area (Å²) < 4.78 is 6.81. The lowest BCUT2D eigenvalue weighted by atomic mass is 9.88. The fourth-order valence-corrected chi connectivity index (χ4v) is 5.41. The highest BCUT2D eigenvalue weighted by atomic mass is 35.5. The monoisotopic (exact) mass is 468 g/mol. The lowest BCUT2D eigenvalue weighted by Gasteiger charge is -2.18. The summed E-state index contributed by atoms with van der Waals surface area (Å²) in [6.07, 6.45) is 3.51. The van der Waals surface area contributed by atoms with Crippen LogP contribution >= 0.6 is 35.2 Å². The number of hydrogen-bond donors (Lipinski definition) is 2. The van der Waals surface area contributed by atoms with E-state index in [1.807, 2.05) is 6.92 Å². The molecule has 2 N–H and O–H groups in total. The maximum Gasteiger partial charge on any atom is 0.341 e. The second kappa shape index (κ2) is 9.45. The maximum absolute atomic E-state index is 12.7. The molecule has 1 aliphatic rings. The molecule has 2 heterocycles. The molecule has 0 spiro atoms. The molecule has 0 saturated carbocycles. The van der Waals surface area contributed by atoms with E-state index < -0.39 is 5.91 Å². The van der Waals surface area contributed by atoms with Crippen molar-refractivity contribution in [1.29, 1.82) is 0 Å². The Bertz CT molecular complexity index is 999. The minimum atomic E-state index is -0.467. The van der Waals surface area contributed by atoms with Crippen LogP contribution in [-0.4, -0.2) is 33.4 Å². The third kappa shape index (κ3) is 4.68. The number of fused-ring (bicyclic) bond motifs is 1. The summed E-state index contributed by atoms with van der Waals surface area (Å²) in [5.41, 5.74) is 2.34. The third-order valence-electron chi connectivity index (χ3n) is 4.97. The molecular formula is C20H25ClN4O3S2. The topological polar surface area (TPSA) is 85.2 Å². The molecule has 0 aromatic carbocycles. The minimum Gasteiger partial charge on any atom is -0.462 e. The zero-order chi connectivity index (χ0) is 22.0. The number of rotatable bonds is 5. The third-order valence-corrected chi connectivity index (χ3v) is 6.80. The SMILES string of the molecule is CCCOC(=O)c1c(NC(=S)NC(=O)c2c(Cl)c(C)nn2C)sc2c1CC[C@H](C)C2. The van der Waals surface area contributed by atoms with E-state index in [2.05, 4.69) is 22.7 Å². The number of thiophene rings is 1. The van der Waals surface area contributed by atoms with Gasteiger partial charge in [0.1, 0.15) is 10.7 Å². The highest BCUT2D eigenvalue weighted by molar-refractivity contribution is 7.80. The quantitative estimate of drug-likeness (QED) is 0.503. The summed E-state index contributed by atoms with van der Waals surface area (Å²) in [4.78, 5) is 26.5. The van der Waals surface area contributed by atoms with Crippen molar-refractivity contribution in [3.05, 3.63) is 32.4 Å². The van der Waals surface area contributed by atoms with Crippen molar-refractivity contribution in [2.24, 2.45) is 13.0 Å². The largest absolute Gasteiger partial charge is 0.462 e. The first-order chi connectivity index (χ1) is 14.2. The van der Waals surface area contributed by atoms with Crippen molar-refractivity contribution >= 4 is 57.1 Å². The minimum absolute atomic E-state index is 0.0890. The van der Waals surface area contributed by atoms with Gasteiger partial charge in [0, 0.05) is 11.9 Å². The number of amides is 1. The van der Waals surface area contributed by atoms with Crippen LogP contribution in [-0.2, 0) is 24.6 Å². The van der Waals surface area contributed by atoms with Gasteiger partial charge in [0.2, 0.25) is 0 Å². The van der Waals surface area contributed by atoms with E-state index in [1.54, 1.807) is 14.0 Å². The number of aromatic nitrogens is 2. The molecule has 1 atom stereocenters. The van der Waals surface area contributed by atoms with Gasteiger partial charge in [-0.25, -0.2) is 4.79 Å². The van der Waals surface area contributed by atoms with Crippen LogP contribution in [0.1, 0.15) is 63.7 Å². The molecule has 2 aromatic heterocycles. The number of aryl methyl sites for hydroxylation is 2. The lowest BCUT2D eigenvalue weighted by molar-refractivity contribution is 0.0505. The first-order valence-corrected chi connectivity index (χ1v) is 11.5. The van der Waals surface area contributed by atoms with E-state index in [0.29, 0.717) is 28.8 Å². The summed E-state index contributed by atoms with van der Waals surface area (Å²) in [5, 5.41) is 10.8. The van der Waals surface area contributed by atoms with Gasteiger partial charge in [-0.1, -0.05) is 25.4 Å². The second-order valence-electron chi connectivity index (χ2n) is 7.47. The number of hydrogen-bond acceptors (Lipinski definition) is 6. The van der Waals surface area contributed by atoms with Crippen molar-refractivity contribution < 1.29 is 14.3 Å². The highest BCUT2D eigenvalue weighted by Gasteiger charge is 2.29. The predicted molar refractivity (Wildman–Crippen MR) is 123 cm³/mol. The Kier molecular flexibility index (Phi) is 7.15. The van der Waals surface area contributed by atoms with Gasteiger partial charge in [-0.3, -0.25) is 14.8 Å². The Morgan fingerprint density at radius 2 is 2.17 bits per heavy atom. The molecule has 0 saturated heterocycles. The van der Waals surface area contributed by atoms with Crippen molar-refractivity contribution in [3.8, 4) is 0 Å². The van der Waals surface area contributed by atoms with Gasteiger partial charge < -0.3 is 10.1 Å². The van der Waals surface area contributed by atoms with Crippen LogP contribution in [0.25, 0.3) is 0 Å². The number of nitrogens with one attached hydrogen (secondary N) is 2. The van der Waals surface area contributed by atoms with E-state index in [1.165, 1.54) is 20.9 Å². The Morgan fingerprint density at radius 1 is 1.43 bits per heavy atom. The number of carbonyl (C=O) groups is 2. The lowest BCUT2D eigenvalue weighted by Crippen LogP contribution is -2.35. The molecule has 0 radical (unpaired) electrons. The Morgan fingerprint density at radius 3 is 2.80 bits per heavy atom. The first-order valence-electron chi connectivity index (χ1n) is 9.85.